The van der Waals surface area contributed by atoms with Crippen molar-refractivity contribution in [3.8, 4) is 5.75 Å². The molecule has 0 aliphatic heterocycles. The summed E-state index contributed by atoms with van der Waals surface area (Å²) in [6, 6.07) is 5.02. The van der Waals surface area contributed by atoms with E-state index in [0.717, 1.165) is 11.8 Å². The summed E-state index contributed by atoms with van der Waals surface area (Å²) in [7, 11) is 1.54. The van der Waals surface area contributed by atoms with Crippen molar-refractivity contribution in [1.29, 1.82) is 0 Å². The fourth-order valence-corrected chi connectivity index (χ4v) is 3.73. The first-order valence-electron chi connectivity index (χ1n) is 7.28. The SMILES string of the molecule is COc1ccc(N)cc1C(=O)OCC1CC2CCC1C2. The molecule has 108 valence electrons. The molecule has 1 aromatic carbocycles. The van der Waals surface area contributed by atoms with E-state index in [1.165, 1.54) is 32.8 Å². The summed E-state index contributed by atoms with van der Waals surface area (Å²) in [6.07, 6.45) is 5.20. The highest BCUT2D eigenvalue weighted by atomic mass is 16.5. The Morgan fingerprint density at radius 1 is 1.35 bits per heavy atom. The third-order valence-corrected chi connectivity index (χ3v) is 4.76. The van der Waals surface area contributed by atoms with Gasteiger partial charge in [-0.3, -0.25) is 0 Å². The molecule has 2 N–H and O–H groups in total. The molecule has 0 spiro atoms. The minimum atomic E-state index is -0.336. The first kappa shape index (κ1) is 13.3. The van der Waals surface area contributed by atoms with E-state index in [2.05, 4.69) is 0 Å². The highest BCUT2D eigenvalue weighted by Crippen LogP contribution is 2.48. The van der Waals surface area contributed by atoms with Crippen LogP contribution in [-0.4, -0.2) is 19.7 Å². The fourth-order valence-electron chi connectivity index (χ4n) is 3.73. The van der Waals surface area contributed by atoms with E-state index in [1.807, 2.05) is 0 Å². The smallest absolute Gasteiger partial charge is 0.342 e. The number of rotatable bonds is 4. The molecule has 0 saturated heterocycles. The zero-order chi connectivity index (χ0) is 14.1. The van der Waals surface area contributed by atoms with Gasteiger partial charge in [0.2, 0.25) is 0 Å². The van der Waals surface area contributed by atoms with Crippen molar-refractivity contribution in [2.24, 2.45) is 17.8 Å². The van der Waals surface area contributed by atoms with E-state index in [0.29, 0.717) is 29.5 Å². The highest BCUT2D eigenvalue weighted by Gasteiger charge is 2.39. The lowest BCUT2D eigenvalue weighted by molar-refractivity contribution is 0.0391. The topological polar surface area (TPSA) is 61.5 Å². The molecular weight excluding hydrogens is 254 g/mol. The number of nitrogen functional groups attached to an aromatic ring is 1. The van der Waals surface area contributed by atoms with Crippen LogP contribution in [0.25, 0.3) is 0 Å². The minimum Gasteiger partial charge on any atom is -0.496 e. The number of nitrogens with two attached hydrogens (primary N) is 1. The van der Waals surface area contributed by atoms with Crippen LogP contribution in [-0.2, 0) is 4.74 Å². The second-order valence-electron chi connectivity index (χ2n) is 5.99. The fraction of sp³-hybridized carbons (Fsp3) is 0.562. The lowest BCUT2D eigenvalue weighted by Gasteiger charge is -2.21. The Bertz CT molecular complexity index is 514. The molecule has 0 heterocycles. The van der Waals surface area contributed by atoms with Crippen LogP contribution >= 0.6 is 0 Å². The van der Waals surface area contributed by atoms with E-state index in [9.17, 15) is 4.79 Å². The van der Waals surface area contributed by atoms with E-state index >= 15 is 0 Å². The molecule has 4 nitrogen and oxygen atoms in total. The number of carbonyl (C=O) groups excluding carboxylic acids is 1. The maximum absolute atomic E-state index is 12.2. The third-order valence-electron chi connectivity index (χ3n) is 4.76. The van der Waals surface area contributed by atoms with Gasteiger partial charge in [0.15, 0.2) is 0 Å². The van der Waals surface area contributed by atoms with Gasteiger partial charge in [-0.15, -0.1) is 0 Å². The Morgan fingerprint density at radius 2 is 2.20 bits per heavy atom. The number of fused-ring (bicyclic) bond motifs is 2. The van der Waals surface area contributed by atoms with Gasteiger partial charge in [0.25, 0.3) is 0 Å². The Kier molecular flexibility index (Phi) is 3.55. The van der Waals surface area contributed by atoms with Crippen molar-refractivity contribution >= 4 is 11.7 Å². The summed E-state index contributed by atoms with van der Waals surface area (Å²) < 4.78 is 10.7. The number of anilines is 1. The van der Waals surface area contributed by atoms with Gasteiger partial charge in [-0.05, 0) is 55.2 Å². The number of carbonyl (C=O) groups is 1. The predicted octanol–water partition coefficient (Wildman–Crippen LogP) is 2.87. The maximum atomic E-state index is 12.2. The Morgan fingerprint density at radius 3 is 2.85 bits per heavy atom. The number of hydrogen-bond acceptors (Lipinski definition) is 4. The summed E-state index contributed by atoms with van der Waals surface area (Å²) in [5, 5.41) is 0. The van der Waals surface area contributed by atoms with Crippen LogP contribution in [0.5, 0.6) is 5.75 Å². The van der Waals surface area contributed by atoms with Gasteiger partial charge in [0, 0.05) is 5.69 Å². The van der Waals surface area contributed by atoms with Crippen LogP contribution in [0.1, 0.15) is 36.0 Å². The van der Waals surface area contributed by atoms with Crippen molar-refractivity contribution < 1.29 is 14.3 Å². The second kappa shape index (κ2) is 5.35. The zero-order valence-corrected chi connectivity index (χ0v) is 11.8. The standard InChI is InChI=1S/C16H21NO3/c1-19-15-5-4-13(17)8-14(15)16(18)20-9-12-7-10-2-3-11(12)6-10/h4-5,8,10-12H,2-3,6-7,9,17H2,1H3. The molecule has 2 saturated carbocycles. The Hall–Kier alpha value is -1.71. The van der Waals surface area contributed by atoms with Gasteiger partial charge >= 0.3 is 5.97 Å². The van der Waals surface area contributed by atoms with Crippen LogP contribution in [0.2, 0.25) is 0 Å². The second-order valence-corrected chi connectivity index (χ2v) is 5.99. The molecule has 0 amide bonds. The van der Waals surface area contributed by atoms with E-state index in [-0.39, 0.29) is 5.97 Å². The van der Waals surface area contributed by atoms with Crippen LogP contribution in [0, 0.1) is 17.8 Å². The largest absolute Gasteiger partial charge is 0.496 e. The van der Waals surface area contributed by atoms with Crippen molar-refractivity contribution in [1.82, 2.24) is 0 Å². The number of ether oxygens (including phenoxy) is 2. The highest BCUT2D eigenvalue weighted by molar-refractivity contribution is 5.93. The average molecular weight is 275 g/mol. The molecule has 1 aromatic rings. The lowest BCUT2D eigenvalue weighted by atomic mass is 9.89. The van der Waals surface area contributed by atoms with Crippen LogP contribution in [0.4, 0.5) is 5.69 Å². The van der Waals surface area contributed by atoms with Crippen molar-refractivity contribution in [3.05, 3.63) is 23.8 Å². The Balaban J connectivity index is 1.63. The van der Waals surface area contributed by atoms with Gasteiger partial charge in [0.05, 0.1) is 13.7 Å². The summed E-state index contributed by atoms with van der Waals surface area (Å²) in [4.78, 5) is 12.2. The van der Waals surface area contributed by atoms with Crippen LogP contribution < -0.4 is 10.5 Å². The molecule has 3 rings (SSSR count). The van der Waals surface area contributed by atoms with Crippen molar-refractivity contribution in [2.75, 3.05) is 19.5 Å². The van der Waals surface area contributed by atoms with E-state index in [1.54, 1.807) is 18.2 Å². The molecule has 20 heavy (non-hydrogen) atoms. The zero-order valence-electron chi connectivity index (χ0n) is 11.8. The lowest BCUT2D eigenvalue weighted by Crippen LogP contribution is -2.19. The number of esters is 1. The van der Waals surface area contributed by atoms with Crippen molar-refractivity contribution in [2.45, 2.75) is 25.7 Å². The molecule has 4 heteroatoms. The maximum Gasteiger partial charge on any atom is 0.342 e. The molecule has 2 aliphatic carbocycles. The Labute approximate surface area is 119 Å². The molecule has 0 aromatic heterocycles. The molecule has 2 bridgehead atoms. The molecule has 0 radical (unpaired) electrons. The number of methoxy groups -OCH3 is 1. The number of hydrogen-bond donors (Lipinski definition) is 1. The van der Waals surface area contributed by atoms with E-state index in [4.69, 9.17) is 15.2 Å². The average Bonchev–Trinajstić information content (AvgIpc) is 3.07. The van der Waals surface area contributed by atoms with E-state index < -0.39 is 0 Å². The summed E-state index contributed by atoms with van der Waals surface area (Å²) >= 11 is 0. The van der Waals surface area contributed by atoms with Gasteiger partial charge in [-0.1, -0.05) is 6.42 Å². The van der Waals surface area contributed by atoms with Gasteiger partial charge in [-0.2, -0.15) is 0 Å². The van der Waals surface area contributed by atoms with Crippen molar-refractivity contribution in [3.63, 3.8) is 0 Å². The third kappa shape index (κ3) is 2.47. The first-order chi connectivity index (χ1) is 9.67. The van der Waals surface area contributed by atoms with Gasteiger partial charge < -0.3 is 15.2 Å². The monoisotopic (exact) mass is 275 g/mol. The number of benzene rings is 1. The molecular formula is C16H21NO3. The summed E-state index contributed by atoms with van der Waals surface area (Å²) in [6.45, 7) is 0.526. The van der Waals surface area contributed by atoms with Crippen LogP contribution in [0.3, 0.4) is 0 Å². The summed E-state index contributed by atoms with van der Waals surface area (Å²) in [5.41, 5.74) is 6.68. The molecule has 3 unspecified atom stereocenters. The first-order valence-corrected chi connectivity index (χ1v) is 7.28. The summed E-state index contributed by atoms with van der Waals surface area (Å²) in [5.74, 6) is 2.35. The predicted molar refractivity (Wildman–Crippen MR) is 76.6 cm³/mol. The minimum absolute atomic E-state index is 0.336. The molecule has 2 fully saturated rings. The normalized spacial score (nSPS) is 27.6. The molecule has 3 atom stereocenters. The quantitative estimate of drug-likeness (QED) is 0.678. The van der Waals surface area contributed by atoms with Crippen LogP contribution in [0.15, 0.2) is 18.2 Å². The van der Waals surface area contributed by atoms with Gasteiger partial charge in [0.1, 0.15) is 11.3 Å². The molecule has 2 aliphatic rings. The van der Waals surface area contributed by atoms with Gasteiger partial charge in [-0.25, -0.2) is 4.79 Å².